The van der Waals surface area contributed by atoms with Crippen molar-refractivity contribution in [1.82, 2.24) is 24.6 Å². The lowest BCUT2D eigenvalue weighted by atomic mass is 10.1. The molecule has 0 aliphatic carbocycles. The van der Waals surface area contributed by atoms with E-state index in [2.05, 4.69) is 21.8 Å². The average Bonchev–Trinajstić information content (AvgIpc) is 3.16. The van der Waals surface area contributed by atoms with Crippen molar-refractivity contribution in [3.8, 4) is 11.4 Å². The van der Waals surface area contributed by atoms with E-state index in [0.717, 1.165) is 17.7 Å². The number of carbonyl (C=O) groups excluding carboxylic acids is 1. The third-order valence-electron chi connectivity index (χ3n) is 4.69. The molecule has 1 aromatic carbocycles. The normalized spacial score (nSPS) is 11.9. The summed E-state index contributed by atoms with van der Waals surface area (Å²) in [5.74, 6) is -1.24. The van der Waals surface area contributed by atoms with E-state index in [1.807, 2.05) is 16.7 Å². The Morgan fingerprint density at radius 3 is 2.63 bits per heavy atom. The molecule has 0 spiro atoms. The van der Waals surface area contributed by atoms with Gasteiger partial charge in [-0.2, -0.15) is 0 Å². The van der Waals surface area contributed by atoms with Crippen LogP contribution in [0, 0.1) is 11.6 Å². The summed E-state index contributed by atoms with van der Waals surface area (Å²) in [7, 11) is 1.63. The molecule has 9 heteroatoms. The fourth-order valence-corrected chi connectivity index (χ4v) is 3.72. The monoisotopic (exact) mass is 429 g/mol. The van der Waals surface area contributed by atoms with Gasteiger partial charge in [-0.1, -0.05) is 23.9 Å². The molecule has 1 unspecified atom stereocenters. The number of nitrogens with zero attached hydrogens (tertiary/aromatic N) is 5. The predicted molar refractivity (Wildman–Crippen MR) is 112 cm³/mol. The number of amides is 1. The Kier molecular flexibility index (Phi) is 6.94. The lowest BCUT2D eigenvalue weighted by Gasteiger charge is -2.25. The summed E-state index contributed by atoms with van der Waals surface area (Å²) in [5, 5.41) is 9.04. The Morgan fingerprint density at radius 1 is 1.23 bits per heavy atom. The van der Waals surface area contributed by atoms with E-state index in [4.69, 9.17) is 0 Å². The molecule has 0 fully saturated rings. The van der Waals surface area contributed by atoms with Crippen LogP contribution in [0.2, 0.25) is 0 Å². The molecule has 2 heterocycles. The van der Waals surface area contributed by atoms with Crippen LogP contribution in [-0.2, 0) is 11.3 Å². The van der Waals surface area contributed by atoms with Crippen molar-refractivity contribution in [3.05, 3.63) is 72.6 Å². The highest BCUT2D eigenvalue weighted by atomic mass is 32.2. The molecule has 6 nitrogen and oxygen atoms in total. The number of carbonyl (C=O) groups is 1. The summed E-state index contributed by atoms with van der Waals surface area (Å²) in [5.41, 5.74) is 1.38. The van der Waals surface area contributed by atoms with Crippen molar-refractivity contribution in [2.45, 2.75) is 24.7 Å². The Bertz CT molecular complexity index is 1040. The van der Waals surface area contributed by atoms with Crippen LogP contribution in [0.15, 0.2) is 60.5 Å². The van der Waals surface area contributed by atoms with Crippen LogP contribution < -0.4 is 0 Å². The van der Waals surface area contributed by atoms with Gasteiger partial charge < -0.3 is 4.90 Å². The highest BCUT2D eigenvalue weighted by Gasteiger charge is 2.21. The highest BCUT2D eigenvalue weighted by molar-refractivity contribution is 7.99. The van der Waals surface area contributed by atoms with Crippen molar-refractivity contribution in [2.24, 2.45) is 0 Å². The Balaban J connectivity index is 1.71. The van der Waals surface area contributed by atoms with Gasteiger partial charge >= 0.3 is 0 Å². The maximum Gasteiger partial charge on any atom is 0.233 e. The van der Waals surface area contributed by atoms with Crippen LogP contribution in [-0.4, -0.2) is 43.4 Å². The van der Waals surface area contributed by atoms with Crippen molar-refractivity contribution < 1.29 is 13.6 Å². The van der Waals surface area contributed by atoms with Gasteiger partial charge in [-0.3, -0.25) is 14.3 Å². The molecular weight excluding hydrogens is 408 g/mol. The third kappa shape index (κ3) is 4.73. The topological polar surface area (TPSA) is 63.9 Å². The molecular formula is C21H21F2N5OS. The van der Waals surface area contributed by atoms with Crippen LogP contribution in [0.4, 0.5) is 8.78 Å². The zero-order chi connectivity index (χ0) is 21.7. The van der Waals surface area contributed by atoms with Gasteiger partial charge in [0.05, 0.1) is 11.8 Å². The molecule has 3 rings (SSSR count). The molecule has 0 saturated carbocycles. The smallest absolute Gasteiger partial charge is 0.233 e. The van der Waals surface area contributed by atoms with Crippen LogP contribution >= 0.6 is 11.8 Å². The first-order valence-electron chi connectivity index (χ1n) is 9.20. The van der Waals surface area contributed by atoms with Crippen molar-refractivity contribution in [2.75, 3.05) is 12.8 Å². The van der Waals surface area contributed by atoms with E-state index in [1.165, 1.54) is 22.7 Å². The molecule has 0 bridgehead atoms. The van der Waals surface area contributed by atoms with Crippen molar-refractivity contribution in [3.63, 3.8) is 0 Å². The maximum absolute atomic E-state index is 13.5. The Hall–Kier alpha value is -3.07. The minimum Gasteiger partial charge on any atom is -0.338 e. The number of aromatic nitrogens is 4. The number of hydrogen-bond acceptors (Lipinski definition) is 5. The molecule has 1 amide bonds. The quantitative estimate of drug-likeness (QED) is 0.398. The summed E-state index contributed by atoms with van der Waals surface area (Å²) < 4.78 is 28.6. The first-order valence-corrected chi connectivity index (χ1v) is 10.2. The molecule has 0 aliphatic rings. The second kappa shape index (κ2) is 9.62. The van der Waals surface area contributed by atoms with Gasteiger partial charge in [0.25, 0.3) is 0 Å². The summed E-state index contributed by atoms with van der Waals surface area (Å²) in [6.45, 7) is 6.02. The van der Waals surface area contributed by atoms with Gasteiger partial charge in [-0.05, 0) is 36.8 Å². The number of rotatable bonds is 8. The SMILES string of the molecule is C=CCn1c(SCC(=O)N(C)C(C)c2ccc(F)c(F)c2)nnc1-c1ccncc1. The zero-order valence-electron chi connectivity index (χ0n) is 16.6. The molecule has 156 valence electrons. The standard InChI is InChI=1S/C21H21F2N5OS/c1-4-11-28-20(15-7-9-24-10-8-15)25-26-21(28)30-13-19(29)27(3)14(2)16-5-6-17(22)18(23)12-16/h4-10,12,14H,1,11,13H2,2-3H3. The summed E-state index contributed by atoms with van der Waals surface area (Å²) in [4.78, 5) is 18.2. The number of thioether (sulfide) groups is 1. The number of hydrogen-bond donors (Lipinski definition) is 0. The third-order valence-corrected chi connectivity index (χ3v) is 5.64. The van der Waals surface area contributed by atoms with Gasteiger partial charge in [0.15, 0.2) is 22.6 Å². The lowest BCUT2D eigenvalue weighted by molar-refractivity contribution is -0.128. The molecule has 0 aliphatic heterocycles. The summed E-state index contributed by atoms with van der Waals surface area (Å²) >= 11 is 1.26. The van der Waals surface area contributed by atoms with E-state index in [9.17, 15) is 13.6 Å². The van der Waals surface area contributed by atoms with E-state index < -0.39 is 17.7 Å². The van der Waals surface area contributed by atoms with Crippen molar-refractivity contribution >= 4 is 17.7 Å². The largest absolute Gasteiger partial charge is 0.338 e. The first kappa shape index (κ1) is 21.6. The summed E-state index contributed by atoms with van der Waals surface area (Å²) in [6, 6.07) is 6.90. The molecule has 0 radical (unpaired) electrons. The first-order chi connectivity index (χ1) is 14.4. The Labute approximate surface area is 177 Å². The average molecular weight is 429 g/mol. The number of pyridine rings is 1. The number of allylic oxidation sites excluding steroid dienone is 1. The van der Waals surface area contributed by atoms with E-state index in [1.54, 1.807) is 32.4 Å². The highest BCUT2D eigenvalue weighted by Crippen LogP contribution is 2.26. The number of benzene rings is 1. The van der Waals surface area contributed by atoms with E-state index in [-0.39, 0.29) is 11.7 Å². The Morgan fingerprint density at radius 2 is 1.97 bits per heavy atom. The predicted octanol–water partition coefficient (Wildman–Crippen LogP) is 4.12. The van der Waals surface area contributed by atoms with Crippen molar-refractivity contribution in [1.29, 1.82) is 0 Å². The van der Waals surface area contributed by atoms with Crippen LogP contribution in [0.3, 0.4) is 0 Å². The van der Waals surface area contributed by atoms with Crippen LogP contribution in [0.5, 0.6) is 0 Å². The molecule has 0 saturated heterocycles. The molecule has 3 aromatic rings. The van der Waals surface area contributed by atoms with Gasteiger partial charge in [0, 0.05) is 31.5 Å². The molecule has 30 heavy (non-hydrogen) atoms. The van der Waals surface area contributed by atoms with Gasteiger partial charge in [-0.25, -0.2) is 8.78 Å². The second-order valence-corrected chi connectivity index (χ2v) is 7.53. The van der Waals surface area contributed by atoms with Gasteiger partial charge in [-0.15, -0.1) is 16.8 Å². The fourth-order valence-electron chi connectivity index (χ4n) is 2.84. The molecule has 1 atom stereocenters. The van der Waals surface area contributed by atoms with Crippen LogP contribution in [0.1, 0.15) is 18.5 Å². The van der Waals surface area contributed by atoms with Gasteiger partial charge in [0.2, 0.25) is 5.91 Å². The minimum absolute atomic E-state index is 0.121. The second-order valence-electron chi connectivity index (χ2n) is 6.58. The summed E-state index contributed by atoms with van der Waals surface area (Å²) in [6.07, 6.45) is 5.08. The number of halogens is 2. The van der Waals surface area contributed by atoms with E-state index >= 15 is 0 Å². The lowest BCUT2D eigenvalue weighted by Crippen LogP contribution is -2.31. The zero-order valence-corrected chi connectivity index (χ0v) is 17.4. The van der Waals surface area contributed by atoms with Crippen LogP contribution in [0.25, 0.3) is 11.4 Å². The fraction of sp³-hybridized carbons (Fsp3) is 0.238. The van der Waals surface area contributed by atoms with Gasteiger partial charge in [0.1, 0.15) is 0 Å². The molecule has 2 aromatic heterocycles. The maximum atomic E-state index is 13.5. The minimum atomic E-state index is -0.934. The molecule has 0 N–H and O–H groups in total. The van der Waals surface area contributed by atoms with E-state index in [0.29, 0.717) is 23.1 Å².